The zero-order chi connectivity index (χ0) is 24.5. The predicted molar refractivity (Wildman–Crippen MR) is 124 cm³/mol. The normalized spacial score (nSPS) is 11.3. The average Bonchev–Trinajstić information content (AvgIpc) is 3.21. The van der Waals surface area contributed by atoms with Gasteiger partial charge in [-0.3, -0.25) is 0 Å². The van der Waals surface area contributed by atoms with Crippen molar-refractivity contribution in [3.8, 4) is 11.5 Å². The number of nitrogens with zero attached hydrogens (tertiary/aromatic N) is 5. The molecule has 174 valence electrons. The largest absolute Gasteiger partial charge is 0.495 e. The monoisotopic (exact) mass is 501 g/mol. The summed E-state index contributed by atoms with van der Waals surface area (Å²) in [7, 11) is -2.21. The van der Waals surface area contributed by atoms with E-state index in [9.17, 15) is 18.1 Å². The molecular formula is C21H16ClN5O6S. The van der Waals surface area contributed by atoms with Crippen LogP contribution >= 0.6 is 11.6 Å². The molecule has 0 aliphatic rings. The molecule has 34 heavy (non-hydrogen) atoms. The Morgan fingerprint density at radius 1 is 1.12 bits per heavy atom. The molecule has 4 aromatic rings. The van der Waals surface area contributed by atoms with Crippen molar-refractivity contribution in [3.05, 3.63) is 70.7 Å². The molecule has 2 heterocycles. The molecule has 11 nitrogen and oxygen atoms in total. The molecule has 0 aliphatic carbocycles. The van der Waals surface area contributed by atoms with Crippen molar-refractivity contribution in [1.82, 2.24) is 14.6 Å². The van der Waals surface area contributed by atoms with Crippen LogP contribution in [0.5, 0.6) is 11.5 Å². The molecule has 0 atom stereocenters. The summed E-state index contributed by atoms with van der Waals surface area (Å²) in [5.41, 5.74) is 0.687. The first-order chi connectivity index (χ1) is 16.2. The van der Waals surface area contributed by atoms with Crippen LogP contribution in [0.15, 0.2) is 70.9 Å². The average molecular weight is 502 g/mol. The summed E-state index contributed by atoms with van der Waals surface area (Å²) >= 11 is 6.03. The second kappa shape index (κ2) is 9.08. The second-order valence-corrected chi connectivity index (χ2v) is 9.41. The molecule has 0 N–H and O–H groups in total. The summed E-state index contributed by atoms with van der Waals surface area (Å²) < 4.78 is 36.2. The Morgan fingerprint density at radius 2 is 1.85 bits per heavy atom. The van der Waals surface area contributed by atoms with E-state index in [0.29, 0.717) is 10.7 Å². The first kappa shape index (κ1) is 23.1. The van der Waals surface area contributed by atoms with Crippen molar-refractivity contribution in [2.24, 2.45) is 5.18 Å². The Balaban J connectivity index is 1.83. The van der Waals surface area contributed by atoms with Crippen molar-refractivity contribution in [2.75, 3.05) is 18.3 Å². The maximum atomic E-state index is 13.3. The van der Waals surface area contributed by atoms with Gasteiger partial charge in [-0.25, -0.2) is 22.6 Å². The fourth-order valence-corrected chi connectivity index (χ4v) is 3.82. The minimum atomic E-state index is -3.54. The first-order valence-electron chi connectivity index (χ1n) is 9.55. The lowest BCUT2D eigenvalue weighted by Crippen LogP contribution is -2.30. The summed E-state index contributed by atoms with van der Waals surface area (Å²) in [6.07, 6.45) is 1.64. The Morgan fingerprint density at radius 3 is 2.50 bits per heavy atom. The molecule has 2 aromatic carbocycles. The number of amides is 1. The van der Waals surface area contributed by atoms with Gasteiger partial charge in [-0.15, -0.1) is 10.0 Å². The SMILES string of the molecule is COc1cc(S(C)(=O)=O)ccc1N(C(=O)Oc1ccc(N=O)cc1)c1nc2ccc(Cl)cn2n1. The summed E-state index contributed by atoms with van der Waals surface area (Å²) in [6.45, 7) is 0. The molecule has 1 amide bonds. The van der Waals surface area contributed by atoms with E-state index in [2.05, 4.69) is 15.3 Å². The standard InChI is InChI=1S/C21H16ClN5O6S/c1-32-18-11-16(34(2,30)31)8-9-17(18)27(20-23-19-10-3-13(22)12-26(19)24-20)21(28)33-15-6-4-14(25-29)5-7-15/h3-12H,1-2H3. The highest BCUT2D eigenvalue weighted by molar-refractivity contribution is 7.90. The van der Waals surface area contributed by atoms with Crippen LogP contribution < -0.4 is 14.4 Å². The molecule has 0 saturated heterocycles. The summed E-state index contributed by atoms with van der Waals surface area (Å²) in [4.78, 5) is 29.3. The van der Waals surface area contributed by atoms with Gasteiger partial charge in [-0.2, -0.15) is 4.98 Å². The third-order valence-corrected chi connectivity index (χ3v) is 5.97. The van der Waals surface area contributed by atoms with Crippen LogP contribution in [0.4, 0.5) is 22.1 Å². The minimum absolute atomic E-state index is 0.00638. The smallest absolute Gasteiger partial charge is 0.427 e. The maximum Gasteiger partial charge on any atom is 0.427 e. The summed E-state index contributed by atoms with van der Waals surface area (Å²) in [6, 6.07) is 12.8. The zero-order valence-corrected chi connectivity index (χ0v) is 19.3. The molecule has 0 bridgehead atoms. The van der Waals surface area contributed by atoms with E-state index in [1.807, 2.05) is 0 Å². The Hall–Kier alpha value is -4.03. The summed E-state index contributed by atoms with van der Waals surface area (Å²) in [5, 5.41) is 7.51. The van der Waals surface area contributed by atoms with Gasteiger partial charge in [0.05, 0.1) is 22.7 Å². The Labute approximate surface area is 198 Å². The number of pyridine rings is 1. The molecule has 0 spiro atoms. The van der Waals surface area contributed by atoms with E-state index >= 15 is 0 Å². The molecule has 0 fully saturated rings. The van der Waals surface area contributed by atoms with Crippen LogP contribution in [0.1, 0.15) is 0 Å². The van der Waals surface area contributed by atoms with E-state index in [1.54, 1.807) is 12.1 Å². The topological polar surface area (TPSA) is 133 Å². The number of hydrogen-bond donors (Lipinski definition) is 0. The first-order valence-corrected chi connectivity index (χ1v) is 11.8. The fraction of sp³-hybridized carbons (Fsp3) is 0.0952. The minimum Gasteiger partial charge on any atom is -0.495 e. The molecule has 13 heteroatoms. The number of carbonyl (C=O) groups excluding carboxylic acids is 1. The number of halogens is 1. The number of aromatic nitrogens is 3. The lowest BCUT2D eigenvalue weighted by molar-refractivity contribution is 0.210. The van der Waals surface area contributed by atoms with Gasteiger partial charge < -0.3 is 9.47 Å². The third kappa shape index (κ3) is 4.67. The van der Waals surface area contributed by atoms with Crippen molar-refractivity contribution >= 4 is 50.5 Å². The van der Waals surface area contributed by atoms with E-state index in [-0.39, 0.29) is 33.7 Å². The second-order valence-electron chi connectivity index (χ2n) is 6.96. The van der Waals surface area contributed by atoms with Crippen LogP contribution in [-0.2, 0) is 9.84 Å². The van der Waals surface area contributed by atoms with Gasteiger partial charge in [0.15, 0.2) is 15.5 Å². The van der Waals surface area contributed by atoms with Crippen LogP contribution in [0.25, 0.3) is 5.65 Å². The quantitative estimate of drug-likeness (QED) is 0.352. The summed E-state index contributed by atoms with van der Waals surface area (Å²) in [5.74, 6) is 0.113. The molecule has 0 unspecified atom stereocenters. The highest BCUT2D eigenvalue weighted by Gasteiger charge is 2.28. The number of methoxy groups -OCH3 is 1. The number of nitroso groups, excluding NO2 is 1. The van der Waals surface area contributed by atoms with Crippen molar-refractivity contribution < 1.29 is 22.7 Å². The molecule has 0 saturated carbocycles. The number of sulfone groups is 1. The molecule has 0 radical (unpaired) electrons. The van der Waals surface area contributed by atoms with Crippen LogP contribution in [0, 0.1) is 4.91 Å². The van der Waals surface area contributed by atoms with E-state index < -0.39 is 15.9 Å². The van der Waals surface area contributed by atoms with E-state index in [4.69, 9.17) is 21.1 Å². The maximum absolute atomic E-state index is 13.3. The van der Waals surface area contributed by atoms with Crippen LogP contribution in [-0.4, -0.2) is 42.5 Å². The number of carbonyl (C=O) groups is 1. The van der Waals surface area contributed by atoms with Gasteiger partial charge in [0.25, 0.3) is 5.95 Å². The molecule has 2 aromatic heterocycles. The van der Waals surface area contributed by atoms with Gasteiger partial charge in [-0.05, 0) is 53.7 Å². The number of rotatable bonds is 6. The zero-order valence-electron chi connectivity index (χ0n) is 17.7. The van der Waals surface area contributed by atoms with Gasteiger partial charge in [0.2, 0.25) is 0 Å². The van der Waals surface area contributed by atoms with Crippen molar-refractivity contribution in [3.63, 3.8) is 0 Å². The number of fused-ring (bicyclic) bond motifs is 1. The van der Waals surface area contributed by atoms with Crippen LogP contribution in [0.2, 0.25) is 5.02 Å². The van der Waals surface area contributed by atoms with Gasteiger partial charge in [0.1, 0.15) is 17.2 Å². The Kier molecular flexibility index (Phi) is 6.18. The van der Waals surface area contributed by atoms with Gasteiger partial charge in [0, 0.05) is 18.5 Å². The number of ether oxygens (including phenoxy) is 2. The van der Waals surface area contributed by atoms with E-state index in [0.717, 1.165) is 11.2 Å². The fourth-order valence-electron chi connectivity index (χ4n) is 3.02. The predicted octanol–water partition coefficient (Wildman–Crippen LogP) is 4.53. The molecule has 0 aliphatic heterocycles. The lowest BCUT2D eigenvalue weighted by Gasteiger charge is -2.21. The molecule has 4 rings (SSSR count). The van der Waals surface area contributed by atoms with E-state index in [1.165, 1.54) is 60.3 Å². The number of hydrogen-bond acceptors (Lipinski definition) is 9. The van der Waals surface area contributed by atoms with Crippen LogP contribution in [0.3, 0.4) is 0 Å². The number of anilines is 2. The molecular weight excluding hydrogens is 486 g/mol. The highest BCUT2D eigenvalue weighted by Crippen LogP contribution is 2.35. The van der Waals surface area contributed by atoms with Crippen molar-refractivity contribution in [2.45, 2.75) is 4.90 Å². The van der Waals surface area contributed by atoms with Crippen molar-refractivity contribution in [1.29, 1.82) is 0 Å². The number of benzene rings is 2. The highest BCUT2D eigenvalue weighted by atomic mass is 35.5. The Bertz CT molecular complexity index is 1500. The van der Waals surface area contributed by atoms with Gasteiger partial charge >= 0.3 is 6.09 Å². The third-order valence-electron chi connectivity index (χ3n) is 4.63. The lowest BCUT2D eigenvalue weighted by atomic mass is 10.2. The van der Waals surface area contributed by atoms with Gasteiger partial charge in [-0.1, -0.05) is 11.6 Å².